The van der Waals surface area contributed by atoms with E-state index in [9.17, 15) is 18.0 Å². The Morgan fingerprint density at radius 2 is 1.88 bits per heavy atom. The van der Waals surface area contributed by atoms with Crippen LogP contribution in [0.4, 0.5) is 0 Å². The van der Waals surface area contributed by atoms with Gasteiger partial charge in [-0.2, -0.15) is 5.26 Å². The van der Waals surface area contributed by atoms with Crippen LogP contribution in [0, 0.1) is 11.3 Å². The number of hydrogen-bond acceptors (Lipinski definition) is 6. The van der Waals surface area contributed by atoms with Crippen LogP contribution in [-0.4, -0.2) is 55.5 Å². The van der Waals surface area contributed by atoms with Crippen molar-refractivity contribution in [2.45, 2.75) is 23.8 Å². The molecule has 168 valence electrons. The van der Waals surface area contributed by atoms with Gasteiger partial charge in [0.05, 0.1) is 28.6 Å². The van der Waals surface area contributed by atoms with Crippen molar-refractivity contribution in [3.63, 3.8) is 0 Å². The van der Waals surface area contributed by atoms with Crippen molar-refractivity contribution in [2.24, 2.45) is 0 Å². The number of hydrogen-bond donors (Lipinski definition) is 1. The fourth-order valence-corrected chi connectivity index (χ4v) is 4.60. The van der Waals surface area contributed by atoms with Crippen LogP contribution in [-0.2, 0) is 14.6 Å². The molecule has 1 atom stereocenters. The summed E-state index contributed by atoms with van der Waals surface area (Å²) in [5.74, 6) is -0.689. The van der Waals surface area contributed by atoms with E-state index in [-0.39, 0.29) is 17.3 Å². The van der Waals surface area contributed by atoms with E-state index in [1.54, 1.807) is 36.4 Å². The molecule has 1 saturated heterocycles. The zero-order chi connectivity index (χ0) is 23.6. The lowest BCUT2D eigenvalue weighted by Crippen LogP contribution is -2.42. The Morgan fingerprint density at radius 1 is 1.15 bits per heavy atom. The van der Waals surface area contributed by atoms with Crippen LogP contribution in [0.1, 0.15) is 23.2 Å². The maximum Gasteiger partial charge on any atom is 0.252 e. The van der Waals surface area contributed by atoms with Crippen molar-refractivity contribution >= 4 is 32.6 Å². The Hall–Kier alpha value is -3.77. The summed E-state index contributed by atoms with van der Waals surface area (Å²) in [5.41, 5.74) is 2.59. The maximum absolute atomic E-state index is 12.9. The normalized spacial score (nSPS) is 15.9. The van der Waals surface area contributed by atoms with Gasteiger partial charge in [-0.15, -0.1) is 0 Å². The van der Waals surface area contributed by atoms with Crippen molar-refractivity contribution in [3.8, 4) is 17.2 Å². The summed E-state index contributed by atoms with van der Waals surface area (Å²) in [7, 11) is -3.29. The number of amides is 2. The first-order valence-electron chi connectivity index (χ1n) is 10.4. The van der Waals surface area contributed by atoms with Crippen LogP contribution in [0.2, 0.25) is 0 Å². The molecule has 1 fully saturated rings. The van der Waals surface area contributed by atoms with Gasteiger partial charge in [0, 0.05) is 24.4 Å². The van der Waals surface area contributed by atoms with E-state index in [4.69, 9.17) is 5.26 Å². The van der Waals surface area contributed by atoms with Gasteiger partial charge in [0.15, 0.2) is 9.84 Å². The smallest absolute Gasteiger partial charge is 0.252 e. The first-order chi connectivity index (χ1) is 15.8. The molecular weight excluding hydrogens is 440 g/mol. The van der Waals surface area contributed by atoms with Crippen molar-refractivity contribution in [1.82, 2.24) is 15.2 Å². The Bertz CT molecular complexity index is 1380. The summed E-state index contributed by atoms with van der Waals surface area (Å²) in [4.78, 5) is 31.4. The molecule has 1 aromatic heterocycles. The molecule has 2 amide bonds. The minimum atomic E-state index is -3.29. The molecule has 2 aromatic carbocycles. The van der Waals surface area contributed by atoms with Crippen molar-refractivity contribution in [3.05, 3.63) is 60.3 Å². The zero-order valence-corrected chi connectivity index (χ0v) is 18.8. The molecule has 33 heavy (non-hydrogen) atoms. The molecule has 0 aliphatic carbocycles. The van der Waals surface area contributed by atoms with Crippen molar-refractivity contribution in [1.29, 1.82) is 5.26 Å². The second-order valence-corrected chi connectivity index (χ2v) is 9.96. The number of carbonyl (C=O) groups excluding carboxylic acids is 2. The molecule has 1 aliphatic heterocycles. The number of aromatic nitrogens is 1. The molecule has 2 heterocycles. The van der Waals surface area contributed by atoms with Crippen LogP contribution >= 0.6 is 0 Å². The van der Waals surface area contributed by atoms with E-state index >= 15 is 0 Å². The lowest BCUT2D eigenvalue weighted by atomic mass is 10.0. The molecule has 0 bridgehead atoms. The van der Waals surface area contributed by atoms with E-state index in [2.05, 4.69) is 16.4 Å². The molecule has 0 unspecified atom stereocenters. The molecule has 8 nitrogen and oxygen atoms in total. The monoisotopic (exact) mass is 462 g/mol. The Labute approximate surface area is 191 Å². The van der Waals surface area contributed by atoms with Gasteiger partial charge in [-0.25, -0.2) is 8.42 Å². The number of likely N-dealkylation sites (tertiary alicyclic amines) is 1. The highest BCUT2D eigenvalue weighted by Gasteiger charge is 2.28. The summed E-state index contributed by atoms with van der Waals surface area (Å²) in [6, 6.07) is 15.3. The fraction of sp³-hybridized carbons (Fsp3) is 0.250. The number of sulfone groups is 1. The van der Waals surface area contributed by atoms with Gasteiger partial charge in [0.25, 0.3) is 5.91 Å². The van der Waals surface area contributed by atoms with Gasteiger partial charge in [0.1, 0.15) is 6.04 Å². The van der Waals surface area contributed by atoms with Gasteiger partial charge < -0.3 is 10.2 Å². The minimum absolute atomic E-state index is 0.187. The number of nitrogens with one attached hydrogen (secondary N) is 1. The van der Waals surface area contributed by atoms with E-state index in [1.165, 1.54) is 11.1 Å². The third-order valence-electron chi connectivity index (χ3n) is 5.72. The quantitative estimate of drug-likeness (QED) is 0.622. The van der Waals surface area contributed by atoms with Gasteiger partial charge in [-0.05, 0) is 54.3 Å². The maximum atomic E-state index is 12.9. The predicted octanol–water partition coefficient (Wildman–Crippen LogP) is 2.55. The Balaban J connectivity index is 1.57. The summed E-state index contributed by atoms with van der Waals surface area (Å²) in [5, 5.41) is 12.4. The first kappa shape index (κ1) is 22.4. The summed E-state index contributed by atoms with van der Waals surface area (Å²) in [6.07, 6.45) is 4.12. The van der Waals surface area contributed by atoms with E-state index in [0.717, 1.165) is 23.8 Å². The molecule has 0 saturated carbocycles. The number of carbonyl (C=O) groups is 2. The fourth-order valence-electron chi connectivity index (χ4n) is 3.97. The Morgan fingerprint density at radius 3 is 2.58 bits per heavy atom. The third kappa shape index (κ3) is 4.71. The van der Waals surface area contributed by atoms with Gasteiger partial charge in [-0.1, -0.05) is 18.2 Å². The summed E-state index contributed by atoms with van der Waals surface area (Å²) >= 11 is 0. The number of pyridine rings is 1. The Kier molecular flexibility index (Phi) is 6.11. The predicted molar refractivity (Wildman–Crippen MR) is 123 cm³/mol. The van der Waals surface area contributed by atoms with Gasteiger partial charge >= 0.3 is 0 Å². The molecule has 0 spiro atoms. The van der Waals surface area contributed by atoms with Crippen LogP contribution in [0.15, 0.2) is 59.6 Å². The van der Waals surface area contributed by atoms with Crippen LogP contribution < -0.4 is 5.32 Å². The van der Waals surface area contributed by atoms with Crippen LogP contribution in [0.5, 0.6) is 0 Å². The van der Waals surface area contributed by atoms with Crippen LogP contribution in [0.3, 0.4) is 0 Å². The average molecular weight is 463 g/mol. The summed E-state index contributed by atoms with van der Waals surface area (Å²) in [6.45, 7) is 0.333. The third-order valence-corrected chi connectivity index (χ3v) is 6.85. The zero-order valence-electron chi connectivity index (χ0n) is 18.0. The lowest BCUT2D eigenvalue weighted by Gasteiger charge is -2.19. The lowest BCUT2D eigenvalue weighted by molar-refractivity contribution is -0.130. The molecule has 1 N–H and O–H groups in total. The minimum Gasteiger partial charge on any atom is -0.343 e. The number of nitriles is 1. The van der Waals surface area contributed by atoms with E-state index < -0.39 is 21.8 Å². The first-order valence-corrected chi connectivity index (χ1v) is 12.3. The molecule has 0 radical (unpaired) electrons. The average Bonchev–Trinajstić information content (AvgIpc) is 3.30. The van der Waals surface area contributed by atoms with Crippen LogP contribution in [0.25, 0.3) is 22.0 Å². The standard InChI is InChI=1S/C24H22N4O4S/c1-33(31,32)19-7-4-16(5-8-19)17-6-9-22-21(13-17)20(10-11-26-22)24(30)27-15-23(29)28-12-2-3-18(28)14-25/h4-11,13,18H,2-3,12,15H2,1H3,(H,27,30)/t18-/m0/s1. The molecule has 4 rings (SSSR count). The van der Waals surface area contributed by atoms with E-state index in [0.29, 0.717) is 29.4 Å². The topological polar surface area (TPSA) is 120 Å². The van der Waals surface area contributed by atoms with Gasteiger partial charge in [-0.3, -0.25) is 14.6 Å². The highest BCUT2D eigenvalue weighted by atomic mass is 32.2. The number of benzene rings is 2. The summed E-state index contributed by atoms with van der Waals surface area (Å²) < 4.78 is 23.4. The van der Waals surface area contributed by atoms with Crippen molar-refractivity contribution in [2.75, 3.05) is 19.3 Å². The number of fused-ring (bicyclic) bond motifs is 1. The largest absolute Gasteiger partial charge is 0.343 e. The second-order valence-electron chi connectivity index (χ2n) is 7.94. The number of rotatable bonds is 5. The number of nitrogens with zero attached hydrogens (tertiary/aromatic N) is 3. The molecule has 3 aromatic rings. The highest BCUT2D eigenvalue weighted by Crippen LogP contribution is 2.27. The molecular formula is C24H22N4O4S. The molecule has 1 aliphatic rings. The van der Waals surface area contributed by atoms with Gasteiger partial charge in [0.2, 0.25) is 5.91 Å². The van der Waals surface area contributed by atoms with Crippen molar-refractivity contribution < 1.29 is 18.0 Å². The van der Waals surface area contributed by atoms with E-state index in [1.807, 2.05) is 12.1 Å². The SMILES string of the molecule is CS(=O)(=O)c1ccc(-c2ccc3nccc(C(=O)NCC(=O)N4CCC[C@H]4C#N)c3c2)cc1. The second kappa shape index (κ2) is 9.00. The highest BCUT2D eigenvalue weighted by molar-refractivity contribution is 7.90. The molecule has 9 heteroatoms.